The number of fused-ring (bicyclic) bond motifs is 1. The number of hydrogen-bond acceptors (Lipinski definition) is 4. The molecule has 4 aromatic rings. The van der Waals surface area contributed by atoms with Crippen molar-refractivity contribution in [2.45, 2.75) is 13.0 Å². The molecule has 0 spiro atoms. The Morgan fingerprint density at radius 2 is 1.84 bits per heavy atom. The molecule has 0 radical (unpaired) electrons. The Kier molecular flexibility index (Phi) is 5.47. The molecule has 0 aliphatic carbocycles. The summed E-state index contributed by atoms with van der Waals surface area (Å²) in [6.07, 6.45) is 0. The number of aryl methyl sites for hydroxylation is 1. The lowest BCUT2D eigenvalue weighted by Crippen LogP contribution is -2.32. The van der Waals surface area contributed by atoms with Crippen molar-refractivity contribution in [1.82, 2.24) is 19.7 Å². The highest BCUT2D eigenvalue weighted by Gasteiger charge is 2.24. The molecule has 9 heteroatoms. The third kappa shape index (κ3) is 3.66. The van der Waals surface area contributed by atoms with Crippen molar-refractivity contribution in [3.05, 3.63) is 86.4 Å². The quantitative estimate of drug-likeness (QED) is 0.483. The number of carbonyl (C=O) groups excluding carboxylic acids is 1. The number of carbonyl (C=O) groups is 1. The van der Waals surface area contributed by atoms with E-state index >= 15 is 0 Å². The molecule has 0 saturated carbocycles. The highest BCUT2D eigenvalue weighted by molar-refractivity contribution is 6.35. The number of halogens is 2. The minimum absolute atomic E-state index is 0.0305. The molecule has 0 bridgehead atoms. The summed E-state index contributed by atoms with van der Waals surface area (Å²) in [5.41, 5.74) is 6.90. The molecule has 3 N–H and O–H groups in total. The van der Waals surface area contributed by atoms with E-state index in [1.165, 1.54) is 4.68 Å². The van der Waals surface area contributed by atoms with Gasteiger partial charge in [0, 0.05) is 18.4 Å². The van der Waals surface area contributed by atoms with Crippen LogP contribution in [0, 0.1) is 0 Å². The van der Waals surface area contributed by atoms with Gasteiger partial charge in [-0.05, 0) is 36.6 Å². The van der Waals surface area contributed by atoms with Crippen molar-refractivity contribution in [3.63, 3.8) is 0 Å². The van der Waals surface area contributed by atoms with Crippen LogP contribution in [0.2, 0.25) is 10.2 Å². The average molecular weight is 456 g/mol. The van der Waals surface area contributed by atoms with Gasteiger partial charge in [0.1, 0.15) is 10.7 Å². The van der Waals surface area contributed by atoms with Gasteiger partial charge in [-0.15, -0.1) is 0 Å². The minimum atomic E-state index is -0.556. The monoisotopic (exact) mass is 455 g/mol. The second-order valence-corrected chi connectivity index (χ2v) is 7.88. The fourth-order valence-electron chi connectivity index (χ4n) is 3.58. The van der Waals surface area contributed by atoms with Crippen LogP contribution in [-0.4, -0.2) is 20.3 Å². The zero-order valence-corrected chi connectivity index (χ0v) is 18.3. The van der Waals surface area contributed by atoms with E-state index in [0.29, 0.717) is 27.2 Å². The number of nitrogens with two attached hydrogens (primary N) is 1. The molecule has 2 aromatic carbocycles. The number of pyridine rings is 1. The maximum Gasteiger partial charge on any atom is 0.264 e. The molecule has 0 aliphatic rings. The zero-order valence-electron chi connectivity index (χ0n) is 16.8. The van der Waals surface area contributed by atoms with Crippen LogP contribution >= 0.6 is 23.2 Å². The minimum Gasteiger partial charge on any atom is -0.382 e. The topological polar surface area (TPSA) is 94.9 Å². The van der Waals surface area contributed by atoms with Crippen LogP contribution in [0.5, 0.6) is 0 Å². The molecule has 0 aliphatic heterocycles. The Morgan fingerprint density at radius 1 is 1.13 bits per heavy atom. The van der Waals surface area contributed by atoms with Gasteiger partial charge < -0.3 is 11.1 Å². The maximum absolute atomic E-state index is 13.5. The predicted octanol–water partition coefficient (Wildman–Crippen LogP) is 4.10. The third-order valence-corrected chi connectivity index (χ3v) is 5.81. The molecular formula is C22H19Cl2N5O2. The van der Waals surface area contributed by atoms with Crippen molar-refractivity contribution >= 4 is 45.7 Å². The highest BCUT2D eigenvalue weighted by atomic mass is 35.5. The second-order valence-electron chi connectivity index (χ2n) is 7.12. The number of amides is 1. The molecule has 1 amide bonds. The largest absolute Gasteiger partial charge is 0.382 e. The normalized spacial score (nSPS) is 12.1. The molecule has 1 unspecified atom stereocenters. The van der Waals surface area contributed by atoms with Gasteiger partial charge in [-0.3, -0.25) is 18.8 Å². The van der Waals surface area contributed by atoms with Gasteiger partial charge in [0.15, 0.2) is 5.82 Å². The summed E-state index contributed by atoms with van der Waals surface area (Å²) in [7, 11) is 1.60. The van der Waals surface area contributed by atoms with Crippen LogP contribution in [0.1, 0.15) is 29.0 Å². The second kappa shape index (κ2) is 8.09. The summed E-state index contributed by atoms with van der Waals surface area (Å²) in [5, 5.41) is 8.44. The van der Waals surface area contributed by atoms with Crippen LogP contribution in [0.3, 0.4) is 0 Å². The van der Waals surface area contributed by atoms with Crippen LogP contribution in [0.4, 0.5) is 5.82 Å². The molecule has 4 rings (SSSR count). The molecule has 0 fully saturated rings. The number of para-hydroxylation sites is 1. The average Bonchev–Trinajstić information content (AvgIpc) is 2.99. The van der Waals surface area contributed by atoms with E-state index in [9.17, 15) is 9.59 Å². The Labute approximate surface area is 188 Å². The van der Waals surface area contributed by atoms with E-state index in [1.807, 2.05) is 42.5 Å². The molecular weight excluding hydrogens is 437 g/mol. The molecule has 7 nitrogen and oxygen atoms in total. The number of hydrogen-bond donors (Lipinski definition) is 2. The lowest BCUT2D eigenvalue weighted by atomic mass is 10.1. The summed E-state index contributed by atoms with van der Waals surface area (Å²) < 4.78 is 2.88. The zero-order chi connectivity index (χ0) is 22.3. The number of aromatic nitrogens is 3. The Morgan fingerprint density at radius 3 is 2.48 bits per heavy atom. The summed E-state index contributed by atoms with van der Waals surface area (Å²) in [6, 6.07) is 15.7. The van der Waals surface area contributed by atoms with Gasteiger partial charge in [-0.2, -0.15) is 5.10 Å². The summed E-state index contributed by atoms with van der Waals surface area (Å²) in [4.78, 5) is 26.4. The van der Waals surface area contributed by atoms with Crippen molar-refractivity contribution in [2.24, 2.45) is 7.05 Å². The first-order chi connectivity index (χ1) is 14.8. The van der Waals surface area contributed by atoms with Gasteiger partial charge in [-0.25, -0.2) is 0 Å². The molecule has 31 heavy (non-hydrogen) atoms. The van der Waals surface area contributed by atoms with E-state index in [1.54, 1.807) is 30.7 Å². The van der Waals surface area contributed by atoms with E-state index in [0.717, 1.165) is 0 Å². The third-order valence-electron chi connectivity index (χ3n) is 5.06. The maximum atomic E-state index is 13.5. The van der Waals surface area contributed by atoms with Crippen LogP contribution in [-0.2, 0) is 7.05 Å². The lowest BCUT2D eigenvalue weighted by molar-refractivity contribution is 0.0939. The van der Waals surface area contributed by atoms with Gasteiger partial charge >= 0.3 is 0 Å². The SMILES string of the molecule is CC(NC(=O)c1c(N)nn(C)c1Cl)c1cc2cccc(Cl)c2c(=O)n1-c1ccccc1. The van der Waals surface area contributed by atoms with Crippen molar-refractivity contribution in [1.29, 1.82) is 0 Å². The van der Waals surface area contributed by atoms with Crippen molar-refractivity contribution < 1.29 is 4.79 Å². The molecule has 0 saturated heterocycles. The standard InChI is InChI=1S/C22H19Cl2N5O2/c1-12(26-21(30)18-19(24)28(2)27-20(18)25)16-11-13-7-6-10-15(23)17(13)22(31)29(16)14-8-4-3-5-9-14/h3-12H,1-2H3,(H2,25,27)(H,26,30). The first-order valence-corrected chi connectivity index (χ1v) is 10.2. The van der Waals surface area contributed by atoms with E-state index < -0.39 is 11.9 Å². The van der Waals surface area contributed by atoms with Gasteiger partial charge in [-0.1, -0.05) is 53.5 Å². The summed E-state index contributed by atoms with van der Waals surface area (Å²) in [6.45, 7) is 1.78. The van der Waals surface area contributed by atoms with Gasteiger partial charge in [0.05, 0.1) is 16.5 Å². The van der Waals surface area contributed by atoms with Crippen LogP contribution in [0.25, 0.3) is 16.5 Å². The smallest absolute Gasteiger partial charge is 0.264 e. The first-order valence-electron chi connectivity index (χ1n) is 9.48. The predicted molar refractivity (Wildman–Crippen MR) is 123 cm³/mol. The molecule has 158 valence electrons. The van der Waals surface area contributed by atoms with E-state index in [-0.39, 0.29) is 22.1 Å². The lowest BCUT2D eigenvalue weighted by Gasteiger charge is -2.21. The molecule has 1 atom stereocenters. The summed E-state index contributed by atoms with van der Waals surface area (Å²) >= 11 is 12.5. The van der Waals surface area contributed by atoms with Crippen LogP contribution in [0.15, 0.2) is 59.4 Å². The highest BCUT2D eigenvalue weighted by Crippen LogP contribution is 2.27. The number of anilines is 1. The fraction of sp³-hybridized carbons (Fsp3) is 0.136. The van der Waals surface area contributed by atoms with Crippen molar-refractivity contribution in [2.75, 3.05) is 5.73 Å². The Balaban J connectivity index is 1.86. The van der Waals surface area contributed by atoms with E-state index in [2.05, 4.69) is 10.4 Å². The van der Waals surface area contributed by atoms with Gasteiger partial charge in [0.2, 0.25) is 0 Å². The van der Waals surface area contributed by atoms with E-state index in [4.69, 9.17) is 28.9 Å². The number of rotatable bonds is 4. The number of benzene rings is 2. The fourth-order valence-corrected chi connectivity index (χ4v) is 4.06. The Hall–Kier alpha value is -3.29. The number of nitrogen functional groups attached to an aromatic ring is 1. The molecule has 2 aromatic heterocycles. The number of nitrogens with one attached hydrogen (secondary N) is 1. The van der Waals surface area contributed by atoms with Gasteiger partial charge in [0.25, 0.3) is 11.5 Å². The first kappa shape index (κ1) is 21.0. The number of nitrogens with zero attached hydrogens (tertiary/aromatic N) is 3. The molecule has 2 heterocycles. The van der Waals surface area contributed by atoms with Crippen molar-refractivity contribution in [3.8, 4) is 5.69 Å². The summed E-state index contributed by atoms with van der Waals surface area (Å²) in [5.74, 6) is -0.454. The van der Waals surface area contributed by atoms with Crippen LogP contribution < -0.4 is 16.6 Å². The Bertz CT molecular complexity index is 1360.